The smallest absolute Gasteiger partial charge is 0.258 e. The number of aryl methyl sites for hydroxylation is 3. The first-order chi connectivity index (χ1) is 12.6. The first-order valence-corrected chi connectivity index (χ1v) is 9.68. The van der Waals surface area contributed by atoms with E-state index in [4.69, 9.17) is 4.74 Å². The van der Waals surface area contributed by atoms with Crippen LogP contribution in [0.4, 0.5) is 0 Å². The molecule has 0 bridgehead atoms. The SMILES string of the molecule is CC[C@@H](NC(=O)COc1cccc2c1CCCC2)c1ccc(C)cc1C. The number of ether oxygens (including phenoxy) is 1. The normalized spacial score (nSPS) is 14.4. The van der Waals surface area contributed by atoms with E-state index in [0.717, 1.165) is 25.0 Å². The second kappa shape index (κ2) is 8.39. The van der Waals surface area contributed by atoms with Crippen molar-refractivity contribution in [1.82, 2.24) is 5.32 Å². The molecule has 138 valence electrons. The van der Waals surface area contributed by atoms with Crippen LogP contribution in [0.1, 0.15) is 60.0 Å². The number of fused-ring (bicyclic) bond motifs is 1. The van der Waals surface area contributed by atoms with Crippen molar-refractivity contribution in [2.45, 2.75) is 58.9 Å². The van der Waals surface area contributed by atoms with E-state index in [2.05, 4.69) is 50.4 Å². The zero-order valence-corrected chi connectivity index (χ0v) is 16.1. The molecule has 0 heterocycles. The van der Waals surface area contributed by atoms with Crippen LogP contribution in [-0.4, -0.2) is 12.5 Å². The Kier molecular flexibility index (Phi) is 5.97. The van der Waals surface area contributed by atoms with E-state index < -0.39 is 0 Å². The van der Waals surface area contributed by atoms with Gasteiger partial charge in [-0.15, -0.1) is 0 Å². The van der Waals surface area contributed by atoms with E-state index >= 15 is 0 Å². The van der Waals surface area contributed by atoms with E-state index in [1.807, 2.05) is 12.1 Å². The highest BCUT2D eigenvalue weighted by atomic mass is 16.5. The van der Waals surface area contributed by atoms with E-state index in [1.165, 1.54) is 40.7 Å². The molecule has 0 aliphatic heterocycles. The summed E-state index contributed by atoms with van der Waals surface area (Å²) in [6.07, 6.45) is 5.46. The molecule has 1 atom stereocenters. The van der Waals surface area contributed by atoms with Gasteiger partial charge < -0.3 is 10.1 Å². The molecule has 0 fully saturated rings. The third kappa shape index (κ3) is 4.27. The van der Waals surface area contributed by atoms with Crippen molar-refractivity contribution in [2.75, 3.05) is 6.61 Å². The van der Waals surface area contributed by atoms with Crippen LogP contribution in [-0.2, 0) is 17.6 Å². The molecule has 0 radical (unpaired) electrons. The highest BCUT2D eigenvalue weighted by molar-refractivity contribution is 5.78. The third-order valence-electron chi connectivity index (χ3n) is 5.26. The third-order valence-corrected chi connectivity index (χ3v) is 5.26. The molecule has 0 unspecified atom stereocenters. The minimum Gasteiger partial charge on any atom is -0.483 e. The molecule has 26 heavy (non-hydrogen) atoms. The predicted octanol–water partition coefficient (Wildman–Crippen LogP) is 4.83. The van der Waals surface area contributed by atoms with Crippen LogP contribution < -0.4 is 10.1 Å². The average Bonchev–Trinajstić information content (AvgIpc) is 2.65. The Hall–Kier alpha value is -2.29. The van der Waals surface area contributed by atoms with Gasteiger partial charge >= 0.3 is 0 Å². The Balaban J connectivity index is 1.63. The van der Waals surface area contributed by atoms with E-state index in [1.54, 1.807) is 0 Å². The maximum absolute atomic E-state index is 12.5. The van der Waals surface area contributed by atoms with Gasteiger partial charge in [0, 0.05) is 0 Å². The molecule has 1 aliphatic rings. The fourth-order valence-electron chi connectivity index (χ4n) is 3.88. The lowest BCUT2D eigenvalue weighted by Crippen LogP contribution is -2.33. The monoisotopic (exact) mass is 351 g/mol. The average molecular weight is 351 g/mol. The molecule has 0 spiro atoms. The molecule has 1 amide bonds. The van der Waals surface area contributed by atoms with Gasteiger partial charge in [-0.05, 0) is 74.3 Å². The van der Waals surface area contributed by atoms with E-state index in [-0.39, 0.29) is 18.6 Å². The molecular formula is C23H29NO2. The summed E-state index contributed by atoms with van der Waals surface area (Å²) in [5, 5.41) is 3.13. The van der Waals surface area contributed by atoms with Crippen molar-refractivity contribution >= 4 is 5.91 Å². The Labute approximate surface area is 156 Å². The van der Waals surface area contributed by atoms with Gasteiger partial charge in [0.15, 0.2) is 6.61 Å². The molecule has 3 nitrogen and oxygen atoms in total. The summed E-state index contributed by atoms with van der Waals surface area (Å²) in [7, 11) is 0. The Morgan fingerprint density at radius 3 is 2.73 bits per heavy atom. The van der Waals surface area contributed by atoms with Gasteiger partial charge in [0.05, 0.1) is 6.04 Å². The minimum atomic E-state index is -0.0646. The van der Waals surface area contributed by atoms with Crippen molar-refractivity contribution in [3.8, 4) is 5.75 Å². The quantitative estimate of drug-likeness (QED) is 0.809. The van der Waals surface area contributed by atoms with Crippen molar-refractivity contribution < 1.29 is 9.53 Å². The number of rotatable bonds is 6. The highest BCUT2D eigenvalue weighted by Gasteiger charge is 2.17. The summed E-state index contributed by atoms with van der Waals surface area (Å²) in [5.41, 5.74) is 6.30. The van der Waals surface area contributed by atoms with Crippen LogP contribution in [0.15, 0.2) is 36.4 Å². The summed E-state index contributed by atoms with van der Waals surface area (Å²) in [4.78, 5) is 12.5. The topological polar surface area (TPSA) is 38.3 Å². The standard InChI is InChI=1S/C23H29NO2/c1-4-21(19-13-12-16(2)14-17(19)3)24-23(25)15-26-22-11-7-9-18-8-5-6-10-20(18)22/h7,9,11-14,21H,4-6,8,10,15H2,1-3H3,(H,24,25)/t21-/m1/s1. The first-order valence-electron chi connectivity index (χ1n) is 9.68. The van der Waals surface area contributed by atoms with Gasteiger partial charge in [0.1, 0.15) is 5.75 Å². The lowest BCUT2D eigenvalue weighted by molar-refractivity contribution is -0.123. The zero-order chi connectivity index (χ0) is 18.5. The molecule has 0 saturated carbocycles. The van der Waals surface area contributed by atoms with E-state index in [0.29, 0.717) is 0 Å². The lowest BCUT2D eigenvalue weighted by atomic mass is 9.91. The van der Waals surface area contributed by atoms with E-state index in [9.17, 15) is 4.79 Å². The maximum atomic E-state index is 12.5. The summed E-state index contributed by atoms with van der Waals surface area (Å²) >= 11 is 0. The summed E-state index contributed by atoms with van der Waals surface area (Å²) in [6.45, 7) is 6.35. The van der Waals surface area contributed by atoms with Crippen LogP contribution in [0.3, 0.4) is 0 Å². The second-order valence-electron chi connectivity index (χ2n) is 7.28. The molecule has 1 N–H and O–H groups in total. The molecule has 2 aromatic carbocycles. The maximum Gasteiger partial charge on any atom is 0.258 e. The summed E-state index contributed by atoms with van der Waals surface area (Å²) in [6, 6.07) is 12.6. The molecule has 0 saturated heterocycles. The number of nitrogens with one attached hydrogen (secondary N) is 1. The van der Waals surface area contributed by atoms with Crippen LogP contribution in [0.25, 0.3) is 0 Å². The highest BCUT2D eigenvalue weighted by Crippen LogP contribution is 2.29. The zero-order valence-electron chi connectivity index (χ0n) is 16.1. The van der Waals surface area contributed by atoms with Gasteiger partial charge in [0.25, 0.3) is 5.91 Å². The van der Waals surface area contributed by atoms with Crippen LogP contribution >= 0.6 is 0 Å². The Morgan fingerprint density at radius 2 is 1.96 bits per heavy atom. The van der Waals surface area contributed by atoms with Crippen LogP contribution in [0.5, 0.6) is 5.75 Å². The van der Waals surface area contributed by atoms with Crippen molar-refractivity contribution in [1.29, 1.82) is 0 Å². The number of carbonyl (C=O) groups excluding carboxylic acids is 1. The first kappa shape index (κ1) is 18.5. The number of carbonyl (C=O) groups is 1. The van der Waals surface area contributed by atoms with Gasteiger partial charge in [0.2, 0.25) is 0 Å². The van der Waals surface area contributed by atoms with Gasteiger partial charge in [-0.2, -0.15) is 0 Å². The number of benzene rings is 2. The fourth-order valence-corrected chi connectivity index (χ4v) is 3.88. The van der Waals surface area contributed by atoms with Gasteiger partial charge in [-0.3, -0.25) is 4.79 Å². The Bertz CT molecular complexity index is 782. The summed E-state index contributed by atoms with van der Waals surface area (Å²) < 4.78 is 5.88. The summed E-state index contributed by atoms with van der Waals surface area (Å²) in [5.74, 6) is 0.808. The second-order valence-corrected chi connectivity index (χ2v) is 7.28. The largest absolute Gasteiger partial charge is 0.483 e. The molecule has 2 aromatic rings. The van der Waals surface area contributed by atoms with Crippen molar-refractivity contribution in [3.05, 3.63) is 64.2 Å². The predicted molar refractivity (Wildman–Crippen MR) is 106 cm³/mol. The van der Waals surface area contributed by atoms with Crippen LogP contribution in [0.2, 0.25) is 0 Å². The minimum absolute atomic E-state index is 0.0244. The molecule has 3 rings (SSSR count). The van der Waals surface area contributed by atoms with Crippen LogP contribution in [0, 0.1) is 13.8 Å². The molecular weight excluding hydrogens is 322 g/mol. The number of amides is 1. The molecule has 1 aliphatic carbocycles. The number of hydrogen-bond donors (Lipinski definition) is 1. The van der Waals surface area contributed by atoms with Gasteiger partial charge in [-0.1, -0.05) is 42.8 Å². The Morgan fingerprint density at radius 1 is 1.15 bits per heavy atom. The fraction of sp³-hybridized carbons (Fsp3) is 0.435. The number of hydrogen-bond acceptors (Lipinski definition) is 2. The van der Waals surface area contributed by atoms with Crippen molar-refractivity contribution in [2.24, 2.45) is 0 Å². The molecule has 3 heteroatoms. The molecule has 0 aromatic heterocycles. The van der Waals surface area contributed by atoms with Gasteiger partial charge in [-0.25, -0.2) is 0 Å². The lowest BCUT2D eigenvalue weighted by Gasteiger charge is -2.21. The van der Waals surface area contributed by atoms with Crippen molar-refractivity contribution in [3.63, 3.8) is 0 Å².